The Morgan fingerprint density at radius 2 is 2.06 bits per heavy atom. The van der Waals surface area contributed by atoms with Gasteiger partial charge in [0.15, 0.2) is 0 Å². The fourth-order valence-electron chi connectivity index (χ4n) is 2.22. The molecule has 18 heavy (non-hydrogen) atoms. The van der Waals surface area contributed by atoms with Gasteiger partial charge in [0.05, 0.1) is 6.61 Å². The Hall–Kier alpha value is -1.72. The van der Waals surface area contributed by atoms with Gasteiger partial charge in [-0.2, -0.15) is 0 Å². The zero-order valence-electron chi connectivity index (χ0n) is 10.4. The highest BCUT2D eigenvalue weighted by molar-refractivity contribution is 6.07. The first-order valence-corrected chi connectivity index (χ1v) is 5.79. The van der Waals surface area contributed by atoms with Crippen molar-refractivity contribution in [1.29, 1.82) is 0 Å². The van der Waals surface area contributed by atoms with E-state index in [4.69, 9.17) is 9.84 Å². The lowest BCUT2D eigenvalue weighted by molar-refractivity contribution is -0.165. The Balaban J connectivity index is 3.06. The van der Waals surface area contributed by atoms with E-state index in [-0.39, 0.29) is 25.9 Å². The van der Waals surface area contributed by atoms with Gasteiger partial charge in [-0.3, -0.25) is 19.2 Å². The van der Waals surface area contributed by atoms with Crippen molar-refractivity contribution in [2.24, 2.45) is 11.3 Å². The molecule has 2 atom stereocenters. The maximum absolute atomic E-state index is 11.9. The van der Waals surface area contributed by atoms with E-state index in [0.29, 0.717) is 0 Å². The number of aliphatic carboxylic acids is 1. The second-order valence-corrected chi connectivity index (χ2v) is 4.42. The standard InChI is InChI=1S/C12H16O6/c1-3-18-11(17)12(7(2)13)5-4-9(14)8(6-12)10(15)16/h8H,3-6H2,1-2H3,(H,15,16)/t8-,12-/m0/s1. The molecule has 1 fully saturated rings. The number of rotatable bonds is 4. The van der Waals surface area contributed by atoms with Crippen molar-refractivity contribution in [2.75, 3.05) is 6.61 Å². The molecule has 1 N–H and O–H groups in total. The van der Waals surface area contributed by atoms with Crippen molar-refractivity contribution < 1.29 is 29.0 Å². The van der Waals surface area contributed by atoms with Gasteiger partial charge in [0.2, 0.25) is 0 Å². The highest BCUT2D eigenvalue weighted by Crippen LogP contribution is 2.40. The van der Waals surface area contributed by atoms with Gasteiger partial charge < -0.3 is 9.84 Å². The molecule has 0 aromatic rings. The number of Topliss-reactive ketones (excluding diaryl/α,β-unsaturated/α-hetero) is 2. The third-order valence-corrected chi connectivity index (χ3v) is 3.38. The molecule has 0 saturated heterocycles. The number of ketones is 2. The number of hydrogen-bond donors (Lipinski definition) is 1. The van der Waals surface area contributed by atoms with Crippen LogP contribution in [0.25, 0.3) is 0 Å². The SMILES string of the molecule is CCOC(=O)[C@@]1(C(C)=O)CCC(=O)[C@@H](C(=O)O)C1. The van der Waals surface area contributed by atoms with E-state index in [0.717, 1.165) is 0 Å². The average molecular weight is 256 g/mol. The molecule has 0 aromatic carbocycles. The maximum atomic E-state index is 11.9. The molecule has 0 heterocycles. The maximum Gasteiger partial charge on any atom is 0.319 e. The summed E-state index contributed by atoms with van der Waals surface area (Å²) in [7, 11) is 0. The molecule has 0 aromatic heterocycles. The molecular formula is C12H16O6. The minimum absolute atomic E-state index is 0.0315. The van der Waals surface area contributed by atoms with Gasteiger partial charge in [0, 0.05) is 6.42 Å². The average Bonchev–Trinajstić information content (AvgIpc) is 2.29. The van der Waals surface area contributed by atoms with E-state index in [2.05, 4.69) is 0 Å². The van der Waals surface area contributed by atoms with Crippen molar-refractivity contribution in [1.82, 2.24) is 0 Å². The van der Waals surface area contributed by atoms with Crippen LogP contribution >= 0.6 is 0 Å². The van der Waals surface area contributed by atoms with E-state index < -0.39 is 34.8 Å². The molecule has 0 spiro atoms. The quantitative estimate of drug-likeness (QED) is 0.583. The fraction of sp³-hybridized carbons (Fsp3) is 0.667. The predicted octanol–water partition coefficient (Wildman–Crippen LogP) is 0.579. The van der Waals surface area contributed by atoms with Crippen molar-refractivity contribution in [2.45, 2.75) is 33.1 Å². The zero-order chi connectivity index (χ0) is 13.9. The third-order valence-electron chi connectivity index (χ3n) is 3.38. The van der Waals surface area contributed by atoms with Crippen molar-refractivity contribution in [3.05, 3.63) is 0 Å². The predicted molar refractivity (Wildman–Crippen MR) is 59.7 cm³/mol. The first-order chi connectivity index (χ1) is 8.35. The number of carboxylic acids is 1. The molecule has 1 saturated carbocycles. The molecule has 1 aliphatic rings. The summed E-state index contributed by atoms with van der Waals surface area (Å²) in [4.78, 5) is 46.0. The second-order valence-electron chi connectivity index (χ2n) is 4.42. The molecule has 0 unspecified atom stereocenters. The summed E-state index contributed by atoms with van der Waals surface area (Å²) >= 11 is 0. The smallest absolute Gasteiger partial charge is 0.319 e. The topological polar surface area (TPSA) is 97.7 Å². The number of ether oxygens (including phenoxy) is 1. The van der Waals surface area contributed by atoms with Gasteiger partial charge in [-0.05, 0) is 26.7 Å². The Morgan fingerprint density at radius 3 is 2.50 bits per heavy atom. The van der Waals surface area contributed by atoms with Crippen LogP contribution in [0.5, 0.6) is 0 Å². The molecule has 0 aliphatic heterocycles. The molecule has 0 bridgehead atoms. The minimum Gasteiger partial charge on any atom is -0.481 e. The highest BCUT2D eigenvalue weighted by atomic mass is 16.5. The first-order valence-electron chi connectivity index (χ1n) is 5.79. The summed E-state index contributed by atoms with van der Waals surface area (Å²) in [6.45, 7) is 2.94. The molecule has 1 rings (SSSR count). The second kappa shape index (κ2) is 5.29. The largest absolute Gasteiger partial charge is 0.481 e. The van der Waals surface area contributed by atoms with E-state index in [9.17, 15) is 19.2 Å². The third kappa shape index (κ3) is 2.42. The Bertz CT molecular complexity index is 399. The van der Waals surface area contributed by atoms with Crippen molar-refractivity contribution >= 4 is 23.5 Å². The van der Waals surface area contributed by atoms with Crippen LogP contribution in [0.3, 0.4) is 0 Å². The summed E-state index contributed by atoms with van der Waals surface area (Å²) in [5.41, 5.74) is -1.48. The van der Waals surface area contributed by atoms with E-state index in [1.807, 2.05) is 0 Å². The normalized spacial score (nSPS) is 27.7. The van der Waals surface area contributed by atoms with Gasteiger partial charge in [0.1, 0.15) is 22.9 Å². The highest BCUT2D eigenvalue weighted by Gasteiger charge is 2.52. The van der Waals surface area contributed by atoms with Gasteiger partial charge in [-0.25, -0.2) is 0 Å². The molecule has 6 heteroatoms. The van der Waals surface area contributed by atoms with Crippen LogP contribution in [0.2, 0.25) is 0 Å². The minimum atomic E-state index is -1.48. The molecule has 0 amide bonds. The van der Waals surface area contributed by atoms with Gasteiger partial charge in [-0.1, -0.05) is 0 Å². The van der Waals surface area contributed by atoms with Crippen LogP contribution < -0.4 is 0 Å². The van der Waals surface area contributed by atoms with E-state index in [1.54, 1.807) is 6.92 Å². The van der Waals surface area contributed by atoms with Crippen LogP contribution in [0.1, 0.15) is 33.1 Å². The number of hydrogen-bond acceptors (Lipinski definition) is 5. The lowest BCUT2D eigenvalue weighted by Gasteiger charge is -2.34. The molecule has 100 valence electrons. The van der Waals surface area contributed by atoms with Crippen LogP contribution in [0.15, 0.2) is 0 Å². The van der Waals surface area contributed by atoms with Crippen molar-refractivity contribution in [3.8, 4) is 0 Å². The number of esters is 1. The van der Waals surface area contributed by atoms with Gasteiger partial charge in [0.25, 0.3) is 0 Å². The summed E-state index contributed by atoms with van der Waals surface area (Å²) < 4.78 is 4.85. The fourth-order valence-corrected chi connectivity index (χ4v) is 2.22. The number of carbonyl (C=O) groups is 4. The van der Waals surface area contributed by atoms with Crippen LogP contribution in [0, 0.1) is 11.3 Å². The summed E-state index contributed by atoms with van der Waals surface area (Å²) in [5.74, 6) is -4.21. The zero-order valence-corrected chi connectivity index (χ0v) is 10.4. The number of carboxylic acid groups (broad SMARTS) is 1. The van der Waals surface area contributed by atoms with Crippen molar-refractivity contribution in [3.63, 3.8) is 0 Å². The van der Waals surface area contributed by atoms with Crippen LogP contribution in [-0.4, -0.2) is 35.2 Å². The van der Waals surface area contributed by atoms with E-state index in [1.165, 1.54) is 6.92 Å². The first kappa shape index (κ1) is 14.3. The van der Waals surface area contributed by atoms with Crippen LogP contribution in [-0.2, 0) is 23.9 Å². The summed E-state index contributed by atoms with van der Waals surface area (Å²) in [6.07, 6.45) is -0.353. The summed E-state index contributed by atoms with van der Waals surface area (Å²) in [5, 5.41) is 8.95. The molecule has 0 radical (unpaired) electrons. The Labute approximate surface area is 104 Å². The molecule has 1 aliphatic carbocycles. The lowest BCUT2D eigenvalue weighted by atomic mass is 9.67. The van der Waals surface area contributed by atoms with E-state index >= 15 is 0 Å². The van der Waals surface area contributed by atoms with Gasteiger partial charge in [-0.15, -0.1) is 0 Å². The van der Waals surface area contributed by atoms with Gasteiger partial charge >= 0.3 is 11.9 Å². The molecular weight excluding hydrogens is 240 g/mol. The van der Waals surface area contributed by atoms with Crippen LogP contribution in [0.4, 0.5) is 0 Å². The lowest BCUT2D eigenvalue weighted by Crippen LogP contribution is -2.47. The number of carbonyl (C=O) groups excluding carboxylic acids is 3. The monoisotopic (exact) mass is 256 g/mol. The Morgan fingerprint density at radius 1 is 1.44 bits per heavy atom. The molecule has 6 nitrogen and oxygen atoms in total. The summed E-state index contributed by atoms with van der Waals surface area (Å²) in [6, 6.07) is 0. The Kier molecular flexibility index (Phi) is 4.21.